The van der Waals surface area contributed by atoms with Crippen molar-refractivity contribution in [1.29, 1.82) is 0 Å². The van der Waals surface area contributed by atoms with Gasteiger partial charge in [0, 0.05) is 0 Å². The number of hydrogen-bond donors (Lipinski definition) is 1. The summed E-state index contributed by atoms with van der Waals surface area (Å²) in [5, 5.41) is 8.59. The molecule has 6 nitrogen and oxygen atoms in total. The van der Waals surface area contributed by atoms with E-state index in [-0.39, 0.29) is 65.7 Å². The van der Waals surface area contributed by atoms with Gasteiger partial charge in [-0.2, -0.15) is 0 Å². The molecule has 0 heterocycles. The second-order valence-corrected chi connectivity index (χ2v) is 8.46. The van der Waals surface area contributed by atoms with Crippen LogP contribution in [0.15, 0.2) is 12.2 Å². The van der Waals surface area contributed by atoms with E-state index in [0.717, 1.165) is 6.42 Å². The van der Waals surface area contributed by atoms with Crippen LogP contribution in [0.25, 0.3) is 0 Å². The molecule has 0 spiro atoms. The standard InChI is InChI=1S/C19H38O.2Na.H4O5P2/c1-2-3-4-5-6-7-8-9-10-11-12-13-14-15-16-17-18-19-20;;;1-6(2)5-7(3)4/h17-18,20H,2-16,19H2,1H3;;;6-7H,(H,1,2)(H,3,4)/q;2*+1;/p-2. The van der Waals surface area contributed by atoms with Crippen molar-refractivity contribution in [3.8, 4) is 0 Å². The number of rotatable bonds is 18. The minimum atomic E-state index is -3.51. The molecule has 0 radical (unpaired) electrons. The van der Waals surface area contributed by atoms with Crippen LogP contribution in [0.4, 0.5) is 0 Å². The summed E-state index contributed by atoms with van der Waals surface area (Å²) in [6, 6.07) is 0. The van der Waals surface area contributed by atoms with E-state index in [4.69, 9.17) is 5.11 Å². The van der Waals surface area contributed by atoms with Gasteiger partial charge in [0.05, 0.1) is 6.61 Å². The Kier molecular flexibility index (Phi) is 45.8. The van der Waals surface area contributed by atoms with Crippen molar-refractivity contribution in [2.45, 2.75) is 103 Å². The molecule has 2 unspecified atom stereocenters. The molecular weight excluding hydrogens is 432 g/mol. The van der Waals surface area contributed by atoms with Gasteiger partial charge in [-0.3, -0.25) is 4.31 Å². The van der Waals surface area contributed by atoms with Gasteiger partial charge in [-0.05, 0) is 12.8 Å². The Bertz CT molecular complexity index is 363. The zero-order chi connectivity index (χ0) is 20.6. The first-order chi connectivity index (χ1) is 13.0. The van der Waals surface area contributed by atoms with Crippen LogP contribution in [0.2, 0.25) is 0 Å². The molecule has 0 fully saturated rings. The minimum absolute atomic E-state index is 0. The number of aliphatic hydroxyl groups is 1. The smallest absolute Gasteiger partial charge is 0.781 e. The number of aliphatic hydroxyl groups excluding tert-OH is 1. The van der Waals surface area contributed by atoms with E-state index >= 15 is 0 Å². The number of allylic oxidation sites excluding steroid dienone is 1. The van der Waals surface area contributed by atoms with Crippen LogP contribution in [-0.4, -0.2) is 11.7 Å². The van der Waals surface area contributed by atoms with Gasteiger partial charge in [-0.15, -0.1) is 0 Å². The average molecular weight is 472 g/mol. The Labute approximate surface area is 224 Å². The molecule has 0 aromatic carbocycles. The Hall–Kier alpha value is 2.04. The Balaban J connectivity index is -0.000000298. The molecule has 164 valence electrons. The number of hydrogen-bond acceptors (Lipinski definition) is 6. The van der Waals surface area contributed by atoms with Crippen molar-refractivity contribution in [3.63, 3.8) is 0 Å². The van der Waals surface area contributed by atoms with E-state index in [0.29, 0.717) is 0 Å². The third-order valence-corrected chi connectivity index (χ3v) is 5.50. The molecule has 0 bridgehead atoms. The quantitative estimate of drug-likeness (QED) is 0.118. The van der Waals surface area contributed by atoms with Gasteiger partial charge in [-0.25, -0.2) is 0 Å². The van der Waals surface area contributed by atoms with Crippen LogP contribution in [0, 0.1) is 0 Å². The Morgan fingerprint density at radius 1 is 0.690 bits per heavy atom. The molecule has 0 aliphatic rings. The fourth-order valence-corrected chi connectivity index (χ4v) is 3.26. The largest absolute Gasteiger partial charge is 1.00 e. The molecule has 29 heavy (non-hydrogen) atoms. The van der Waals surface area contributed by atoms with E-state index in [1.165, 1.54) is 89.9 Å². The van der Waals surface area contributed by atoms with Crippen LogP contribution in [-0.2, 0) is 13.4 Å². The Morgan fingerprint density at radius 3 is 1.31 bits per heavy atom. The fraction of sp³-hybridized carbons (Fsp3) is 0.895. The van der Waals surface area contributed by atoms with Gasteiger partial charge >= 0.3 is 59.1 Å². The molecule has 0 amide bonds. The van der Waals surface area contributed by atoms with Crippen LogP contribution in [0.3, 0.4) is 0 Å². The summed E-state index contributed by atoms with van der Waals surface area (Å²) in [5.74, 6) is 0. The van der Waals surface area contributed by atoms with Crippen LogP contribution >= 0.6 is 16.5 Å². The molecular formula is C19H40Na2O6P2. The van der Waals surface area contributed by atoms with E-state index in [2.05, 4.69) is 17.3 Å². The SMILES string of the molecule is CCCCCCCCCCCCCCCCC=CCO.O=[PH]([O-])O[PH](=O)[O-].[Na+].[Na+]. The summed E-state index contributed by atoms with van der Waals surface area (Å²) in [6.45, 7) is 2.48. The minimum Gasteiger partial charge on any atom is -0.781 e. The normalized spacial score (nSPS) is 12.4. The fourth-order valence-electron chi connectivity index (χ4n) is 2.72. The summed E-state index contributed by atoms with van der Waals surface area (Å²) in [4.78, 5) is 18.6. The number of unbranched alkanes of at least 4 members (excludes halogenated alkanes) is 14. The van der Waals surface area contributed by atoms with E-state index in [1.807, 2.05) is 6.08 Å². The third-order valence-electron chi connectivity index (χ3n) is 4.16. The van der Waals surface area contributed by atoms with Gasteiger partial charge in [0.2, 0.25) is 0 Å². The summed E-state index contributed by atoms with van der Waals surface area (Å²) >= 11 is 0. The maximum absolute atomic E-state index is 9.29. The van der Waals surface area contributed by atoms with Crippen molar-refractivity contribution < 1.29 is 87.4 Å². The zero-order valence-electron chi connectivity index (χ0n) is 19.0. The van der Waals surface area contributed by atoms with Crippen LogP contribution in [0.5, 0.6) is 0 Å². The van der Waals surface area contributed by atoms with Gasteiger partial charge < -0.3 is 24.0 Å². The first-order valence-electron chi connectivity index (χ1n) is 10.4. The van der Waals surface area contributed by atoms with Gasteiger partial charge in [0.1, 0.15) is 16.5 Å². The van der Waals surface area contributed by atoms with Crippen molar-refractivity contribution in [1.82, 2.24) is 0 Å². The molecule has 0 aromatic rings. The summed E-state index contributed by atoms with van der Waals surface area (Å²) in [7, 11) is -7.03. The molecule has 0 aromatic heterocycles. The maximum atomic E-state index is 9.29. The molecule has 0 saturated heterocycles. The molecule has 10 heteroatoms. The predicted octanol–water partition coefficient (Wildman–Crippen LogP) is -1.08. The average Bonchev–Trinajstić information content (AvgIpc) is 2.61. The van der Waals surface area contributed by atoms with Crippen LogP contribution < -0.4 is 68.9 Å². The monoisotopic (exact) mass is 472 g/mol. The second kappa shape index (κ2) is 34.6. The maximum Gasteiger partial charge on any atom is 1.00 e. The molecule has 0 aliphatic heterocycles. The van der Waals surface area contributed by atoms with E-state index in [1.54, 1.807) is 0 Å². The Morgan fingerprint density at radius 2 is 1.03 bits per heavy atom. The molecule has 0 saturated carbocycles. The first kappa shape index (κ1) is 38.3. The predicted molar refractivity (Wildman–Crippen MR) is 110 cm³/mol. The van der Waals surface area contributed by atoms with Gasteiger partial charge in [0.15, 0.2) is 0 Å². The zero-order valence-corrected chi connectivity index (χ0v) is 25.0. The van der Waals surface area contributed by atoms with E-state index < -0.39 is 16.5 Å². The third kappa shape index (κ3) is 44.5. The van der Waals surface area contributed by atoms with Crippen molar-refractivity contribution in [3.05, 3.63) is 12.2 Å². The molecule has 0 aliphatic carbocycles. The van der Waals surface area contributed by atoms with E-state index in [9.17, 15) is 18.9 Å². The van der Waals surface area contributed by atoms with Crippen molar-refractivity contribution >= 4 is 16.5 Å². The molecule has 0 rings (SSSR count). The van der Waals surface area contributed by atoms with Crippen molar-refractivity contribution in [2.75, 3.05) is 6.61 Å². The first-order valence-corrected chi connectivity index (χ1v) is 12.8. The summed E-state index contributed by atoms with van der Waals surface area (Å²) < 4.78 is 21.8. The summed E-state index contributed by atoms with van der Waals surface area (Å²) in [6.07, 6.45) is 24.9. The second-order valence-electron chi connectivity index (χ2n) is 6.64. The topological polar surface area (TPSA) is 110 Å². The molecule has 1 N–H and O–H groups in total. The van der Waals surface area contributed by atoms with Crippen LogP contribution in [0.1, 0.15) is 103 Å². The molecule has 2 atom stereocenters. The van der Waals surface area contributed by atoms with Crippen molar-refractivity contribution in [2.24, 2.45) is 0 Å². The van der Waals surface area contributed by atoms with Gasteiger partial charge in [0.25, 0.3) is 0 Å². The van der Waals surface area contributed by atoms with Gasteiger partial charge in [-0.1, -0.05) is 103 Å². The summed E-state index contributed by atoms with van der Waals surface area (Å²) in [5.41, 5.74) is 0.